The number of benzene rings is 2. The summed E-state index contributed by atoms with van der Waals surface area (Å²) in [4.78, 5) is 30.0. The molecule has 2 amide bonds. The molecular weight excluding hydrogens is 410 g/mol. The lowest BCUT2D eigenvalue weighted by atomic mass is 10.1. The van der Waals surface area contributed by atoms with E-state index < -0.39 is 0 Å². The monoisotopic (exact) mass is 431 g/mol. The molecule has 156 valence electrons. The number of carbonyl (C=O) groups is 2. The molecule has 4 rings (SSSR count). The van der Waals surface area contributed by atoms with Gasteiger partial charge in [0.1, 0.15) is 0 Å². The van der Waals surface area contributed by atoms with E-state index in [0.717, 1.165) is 10.5 Å². The van der Waals surface area contributed by atoms with Gasteiger partial charge in [-0.3, -0.25) is 9.59 Å². The molecule has 31 heavy (non-hydrogen) atoms. The van der Waals surface area contributed by atoms with Gasteiger partial charge in [-0.2, -0.15) is 5.26 Å². The van der Waals surface area contributed by atoms with Crippen molar-refractivity contribution in [2.24, 2.45) is 0 Å². The van der Waals surface area contributed by atoms with Gasteiger partial charge >= 0.3 is 0 Å². The Hall–Kier alpha value is -3.50. The molecule has 7 heteroatoms. The summed E-state index contributed by atoms with van der Waals surface area (Å²) in [5.41, 5.74) is 2.40. The molecule has 1 fully saturated rings. The number of hydrogen-bond acceptors (Lipinski definition) is 5. The Morgan fingerprint density at radius 2 is 1.58 bits per heavy atom. The Morgan fingerprint density at radius 3 is 2.23 bits per heavy atom. The molecule has 0 bridgehead atoms. The molecule has 0 radical (unpaired) electrons. The number of hydrogen-bond donors (Lipinski definition) is 0. The first-order chi connectivity index (χ1) is 15.2. The van der Waals surface area contributed by atoms with E-state index in [1.54, 1.807) is 45.8 Å². The predicted molar refractivity (Wildman–Crippen MR) is 118 cm³/mol. The van der Waals surface area contributed by atoms with Crippen LogP contribution >= 0.6 is 11.8 Å². The van der Waals surface area contributed by atoms with Crippen LogP contribution in [-0.2, 0) is 5.75 Å². The van der Waals surface area contributed by atoms with Crippen molar-refractivity contribution >= 4 is 23.6 Å². The molecule has 0 saturated carbocycles. The second-order valence-corrected chi connectivity index (χ2v) is 8.17. The molecule has 0 unspecified atom stereocenters. The van der Waals surface area contributed by atoms with Gasteiger partial charge in [0, 0.05) is 36.8 Å². The highest BCUT2D eigenvalue weighted by atomic mass is 32.2. The second-order valence-electron chi connectivity index (χ2n) is 7.16. The van der Waals surface area contributed by atoms with Crippen LogP contribution in [0.1, 0.15) is 32.0 Å². The Balaban J connectivity index is 1.39. The number of furan rings is 1. The summed E-state index contributed by atoms with van der Waals surface area (Å²) in [7, 11) is 0. The van der Waals surface area contributed by atoms with Crippen LogP contribution in [0.25, 0.3) is 0 Å². The van der Waals surface area contributed by atoms with Gasteiger partial charge in [-0.25, -0.2) is 0 Å². The Kier molecular flexibility index (Phi) is 6.39. The maximum absolute atomic E-state index is 13.2. The standard InChI is InChI=1S/C24H21N3O3S/c25-16-18-7-9-19(10-8-18)17-31-22-6-2-1-4-20(22)23(28)26-11-13-27(14-12-26)24(29)21-5-3-15-30-21/h1-10,15H,11-14,17H2. The molecule has 2 aromatic carbocycles. The van der Waals surface area contributed by atoms with Crippen molar-refractivity contribution in [1.29, 1.82) is 5.26 Å². The lowest BCUT2D eigenvalue weighted by molar-refractivity contribution is 0.0516. The summed E-state index contributed by atoms with van der Waals surface area (Å²) in [6.45, 7) is 1.93. The van der Waals surface area contributed by atoms with E-state index in [1.165, 1.54) is 6.26 Å². The minimum absolute atomic E-state index is 0.0203. The van der Waals surface area contributed by atoms with E-state index in [0.29, 0.717) is 48.8 Å². The number of rotatable bonds is 5. The van der Waals surface area contributed by atoms with Crippen LogP contribution in [0.4, 0.5) is 0 Å². The fraction of sp³-hybridized carbons (Fsp3) is 0.208. The highest BCUT2D eigenvalue weighted by Gasteiger charge is 2.27. The third kappa shape index (κ3) is 4.81. The van der Waals surface area contributed by atoms with Crippen molar-refractivity contribution in [3.8, 4) is 6.07 Å². The SMILES string of the molecule is N#Cc1ccc(CSc2ccccc2C(=O)N2CCN(C(=O)c3ccco3)CC2)cc1. The minimum Gasteiger partial charge on any atom is -0.459 e. The smallest absolute Gasteiger partial charge is 0.289 e. The maximum Gasteiger partial charge on any atom is 0.289 e. The van der Waals surface area contributed by atoms with Crippen LogP contribution < -0.4 is 0 Å². The molecule has 1 saturated heterocycles. The quantitative estimate of drug-likeness (QED) is 0.570. The Bertz CT molecular complexity index is 1100. The summed E-state index contributed by atoms with van der Waals surface area (Å²) >= 11 is 1.60. The summed E-state index contributed by atoms with van der Waals surface area (Å²) in [5, 5.41) is 8.93. The zero-order valence-corrected chi connectivity index (χ0v) is 17.7. The molecule has 2 heterocycles. The van der Waals surface area contributed by atoms with Gasteiger partial charge in [-0.15, -0.1) is 11.8 Å². The van der Waals surface area contributed by atoms with E-state index >= 15 is 0 Å². The van der Waals surface area contributed by atoms with Crippen LogP contribution in [0.2, 0.25) is 0 Å². The van der Waals surface area contributed by atoms with Gasteiger partial charge in [-0.05, 0) is 42.0 Å². The normalized spacial score (nSPS) is 13.6. The van der Waals surface area contributed by atoms with E-state index in [4.69, 9.17) is 9.68 Å². The average Bonchev–Trinajstić information content (AvgIpc) is 3.37. The lowest BCUT2D eigenvalue weighted by Crippen LogP contribution is -2.50. The van der Waals surface area contributed by atoms with Crippen LogP contribution in [0, 0.1) is 11.3 Å². The average molecular weight is 432 g/mol. The third-order valence-electron chi connectivity index (χ3n) is 5.18. The summed E-state index contributed by atoms with van der Waals surface area (Å²) in [6.07, 6.45) is 1.49. The third-order valence-corrected chi connectivity index (χ3v) is 6.33. The molecule has 3 aromatic rings. The lowest BCUT2D eigenvalue weighted by Gasteiger charge is -2.34. The fourth-order valence-corrected chi connectivity index (χ4v) is 4.45. The molecule has 0 spiro atoms. The number of carbonyl (C=O) groups excluding carboxylic acids is 2. The molecule has 6 nitrogen and oxygen atoms in total. The predicted octanol–water partition coefficient (Wildman–Crippen LogP) is 4.04. The van der Waals surface area contributed by atoms with Crippen molar-refractivity contribution < 1.29 is 14.0 Å². The molecule has 0 N–H and O–H groups in total. The first-order valence-corrected chi connectivity index (χ1v) is 11.0. The Morgan fingerprint density at radius 1 is 0.903 bits per heavy atom. The molecule has 1 aromatic heterocycles. The van der Waals surface area contributed by atoms with Crippen molar-refractivity contribution in [3.63, 3.8) is 0 Å². The highest BCUT2D eigenvalue weighted by Crippen LogP contribution is 2.27. The molecular formula is C24H21N3O3S. The topological polar surface area (TPSA) is 77.5 Å². The van der Waals surface area contributed by atoms with E-state index in [-0.39, 0.29) is 11.8 Å². The molecule has 0 aliphatic carbocycles. The number of amides is 2. The molecule has 0 atom stereocenters. The van der Waals surface area contributed by atoms with Crippen molar-refractivity contribution in [2.45, 2.75) is 10.6 Å². The van der Waals surface area contributed by atoms with Gasteiger partial charge < -0.3 is 14.2 Å². The number of piperazine rings is 1. The summed E-state index contributed by atoms with van der Waals surface area (Å²) in [6, 6.07) is 20.5. The second kappa shape index (κ2) is 9.54. The van der Waals surface area contributed by atoms with Crippen LogP contribution in [0.15, 0.2) is 76.2 Å². The van der Waals surface area contributed by atoms with E-state index in [2.05, 4.69) is 6.07 Å². The van der Waals surface area contributed by atoms with Gasteiger partial charge in [0.05, 0.1) is 23.5 Å². The fourth-order valence-electron chi connectivity index (χ4n) is 3.44. The number of nitriles is 1. The van der Waals surface area contributed by atoms with Crippen molar-refractivity contribution in [2.75, 3.05) is 26.2 Å². The van der Waals surface area contributed by atoms with Crippen LogP contribution in [-0.4, -0.2) is 47.8 Å². The van der Waals surface area contributed by atoms with Crippen molar-refractivity contribution in [3.05, 3.63) is 89.4 Å². The summed E-state index contributed by atoms with van der Waals surface area (Å²) in [5.74, 6) is 0.870. The largest absolute Gasteiger partial charge is 0.459 e. The summed E-state index contributed by atoms with van der Waals surface area (Å²) < 4.78 is 5.19. The highest BCUT2D eigenvalue weighted by molar-refractivity contribution is 7.98. The zero-order valence-electron chi connectivity index (χ0n) is 16.9. The first-order valence-electron chi connectivity index (χ1n) is 9.98. The minimum atomic E-state index is -0.143. The van der Waals surface area contributed by atoms with E-state index in [1.807, 2.05) is 36.4 Å². The van der Waals surface area contributed by atoms with Gasteiger partial charge in [0.15, 0.2) is 5.76 Å². The van der Waals surface area contributed by atoms with Gasteiger partial charge in [-0.1, -0.05) is 24.3 Å². The van der Waals surface area contributed by atoms with Crippen LogP contribution in [0.5, 0.6) is 0 Å². The Labute approximate surface area is 185 Å². The molecule has 1 aliphatic heterocycles. The number of thioether (sulfide) groups is 1. The number of nitrogens with zero attached hydrogens (tertiary/aromatic N) is 3. The van der Waals surface area contributed by atoms with Crippen molar-refractivity contribution in [1.82, 2.24) is 9.80 Å². The van der Waals surface area contributed by atoms with Gasteiger partial charge in [0.2, 0.25) is 0 Å². The van der Waals surface area contributed by atoms with E-state index in [9.17, 15) is 9.59 Å². The maximum atomic E-state index is 13.2. The van der Waals surface area contributed by atoms with Crippen LogP contribution in [0.3, 0.4) is 0 Å². The zero-order chi connectivity index (χ0) is 21.6. The molecule has 1 aliphatic rings. The van der Waals surface area contributed by atoms with Gasteiger partial charge in [0.25, 0.3) is 11.8 Å². The first kappa shape index (κ1) is 20.8.